The second-order valence-electron chi connectivity index (χ2n) is 6.62. The molecule has 2 aromatic rings. The van der Waals surface area contributed by atoms with Crippen molar-refractivity contribution in [3.8, 4) is 11.5 Å². The molecule has 1 heterocycles. The molecular formula is C18H20NO4S+. The first-order chi connectivity index (χ1) is 11.5. The molecule has 6 heteroatoms. The van der Waals surface area contributed by atoms with Gasteiger partial charge in [-0.25, -0.2) is 8.42 Å². The van der Waals surface area contributed by atoms with E-state index in [0.29, 0.717) is 12.3 Å². The molecule has 1 saturated carbocycles. The molecule has 24 heavy (non-hydrogen) atoms. The molecule has 1 saturated heterocycles. The predicted molar refractivity (Wildman–Crippen MR) is 90.4 cm³/mol. The van der Waals surface area contributed by atoms with Gasteiger partial charge in [-0.05, 0) is 25.0 Å². The fraction of sp³-hybridized carbons (Fsp3) is 0.333. The molecule has 5 nitrogen and oxygen atoms in total. The lowest BCUT2D eigenvalue weighted by Crippen LogP contribution is -2.29. The number of nitrogens with zero attached hydrogens (tertiary/aromatic N) is 1. The highest BCUT2D eigenvalue weighted by Gasteiger charge is 2.56. The summed E-state index contributed by atoms with van der Waals surface area (Å²) in [6, 6.07) is 16.1. The third-order valence-electron chi connectivity index (χ3n) is 4.96. The van der Waals surface area contributed by atoms with Gasteiger partial charge < -0.3 is 9.84 Å². The number of aliphatic hydroxyl groups is 1. The fourth-order valence-corrected chi connectivity index (χ4v) is 4.78. The van der Waals surface area contributed by atoms with Crippen molar-refractivity contribution in [2.45, 2.75) is 23.8 Å². The number of hydrogen-bond acceptors (Lipinski definition) is 3. The van der Waals surface area contributed by atoms with E-state index in [-0.39, 0.29) is 16.9 Å². The molecule has 126 valence electrons. The van der Waals surface area contributed by atoms with Crippen molar-refractivity contribution in [3.05, 3.63) is 54.6 Å². The quantitative estimate of drug-likeness (QED) is 0.865. The first-order valence-electron chi connectivity index (χ1n) is 8.05. The van der Waals surface area contributed by atoms with Crippen LogP contribution in [-0.2, 0) is 10.0 Å². The summed E-state index contributed by atoms with van der Waals surface area (Å²) in [6.45, 7) is 0.616. The summed E-state index contributed by atoms with van der Waals surface area (Å²) in [5.74, 6) is 1.53. The Labute approximate surface area is 141 Å². The molecule has 0 unspecified atom stereocenters. The van der Waals surface area contributed by atoms with Crippen LogP contribution in [0.5, 0.6) is 11.5 Å². The normalized spacial score (nSPS) is 22.6. The molecule has 1 aliphatic heterocycles. The average molecular weight is 346 g/mol. The van der Waals surface area contributed by atoms with Gasteiger partial charge >= 0.3 is 0 Å². The molecule has 0 amide bonds. The van der Waals surface area contributed by atoms with Crippen molar-refractivity contribution in [2.75, 3.05) is 13.1 Å². The van der Waals surface area contributed by atoms with Crippen LogP contribution in [0.1, 0.15) is 12.8 Å². The minimum Gasteiger partial charge on any atom is -0.546 e. The zero-order valence-electron chi connectivity index (χ0n) is 13.2. The van der Waals surface area contributed by atoms with Crippen LogP contribution in [0.15, 0.2) is 59.5 Å². The van der Waals surface area contributed by atoms with Crippen LogP contribution in [0.3, 0.4) is 0 Å². The van der Waals surface area contributed by atoms with Gasteiger partial charge in [0.1, 0.15) is 0 Å². The SMILES string of the molecule is O=S(=O)(c1ccc([OH+]c2ccccc2)cc1)N1C[C@H](O)C2(CC2)C1. The maximum absolute atomic E-state index is 12.7. The topological polar surface area (TPSA) is 70.4 Å². The number of benzene rings is 2. The summed E-state index contributed by atoms with van der Waals surface area (Å²) >= 11 is 0. The molecule has 2 fully saturated rings. The first-order valence-corrected chi connectivity index (χ1v) is 9.49. The maximum atomic E-state index is 12.7. The van der Waals surface area contributed by atoms with Crippen LogP contribution in [0, 0.1) is 5.41 Å². The third kappa shape index (κ3) is 2.70. The third-order valence-corrected chi connectivity index (χ3v) is 6.78. The first kappa shape index (κ1) is 15.6. The number of aromatic hydroxyl groups is 2. The van der Waals surface area contributed by atoms with Crippen molar-refractivity contribution in [2.24, 2.45) is 5.41 Å². The molecule has 0 radical (unpaired) electrons. The van der Waals surface area contributed by atoms with E-state index < -0.39 is 16.1 Å². The molecule has 1 aliphatic carbocycles. The zero-order valence-corrected chi connectivity index (χ0v) is 14.0. The van der Waals surface area contributed by atoms with E-state index in [1.165, 1.54) is 4.31 Å². The lowest BCUT2D eigenvalue weighted by Gasteiger charge is -2.16. The number of ether oxygens (including phenoxy) is 1. The molecule has 0 aromatic heterocycles. The van der Waals surface area contributed by atoms with Gasteiger partial charge in [0.2, 0.25) is 10.0 Å². The number of sulfonamides is 1. The van der Waals surface area contributed by atoms with Crippen molar-refractivity contribution >= 4 is 10.0 Å². The number of rotatable bonds is 4. The van der Waals surface area contributed by atoms with Gasteiger partial charge in [0.15, 0.2) is 0 Å². The number of para-hydroxylation sites is 1. The van der Waals surface area contributed by atoms with Crippen LogP contribution in [-0.4, -0.2) is 41.8 Å². The Kier molecular flexibility index (Phi) is 3.63. The predicted octanol–water partition coefficient (Wildman–Crippen LogP) is 2.49. The molecule has 2 aliphatic rings. The van der Waals surface area contributed by atoms with Gasteiger partial charge in [0.25, 0.3) is 11.5 Å². The average Bonchev–Trinajstić information content (AvgIpc) is 3.28. The smallest absolute Gasteiger partial charge is 0.260 e. The standard InChI is InChI=1S/C18H19NO4S/c20-17-12-19(13-18(17)10-11-18)24(21,22)16-8-6-15(7-9-16)23-14-4-2-1-3-5-14/h1-9,17,20H,10-13H2/p+1/t17-/m0/s1. The molecule has 1 atom stereocenters. The second-order valence-corrected chi connectivity index (χ2v) is 8.55. The van der Waals surface area contributed by atoms with E-state index in [2.05, 4.69) is 4.74 Å². The maximum Gasteiger partial charge on any atom is 0.260 e. The van der Waals surface area contributed by atoms with Gasteiger partial charge in [-0.15, -0.1) is 0 Å². The van der Waals surface area contributed by atoms with Gasteiger partial charge in [-0.1, -0.05) is 18.2 Å². The van der Waals surface area contributed by atoms with Crippen molar-refractivity contribution in [3.63, 3.8) is 0 Å². The summed E-state index contributed by atoms with van der Waals surface area (Å²) in [4.78, 5) is 0.249. The van der Waals surface area contributed by atoms with Gasteiger partial charge in [-0.2, -0.15) is 4.31 Å². The van der Waals surface area contributed by atoms with E-state index in [1.807, 2.05) is 30.3 Å². The van der Waals surface area contributed by atoms with Crippen LogP contribution >= 0.6 is 0 Å². The van der Waals surface area contributed by atoms with Crippen LogP contribution < -0.4 is 0 Å². The van der Waals surface area contributed by atoms with Crippen molar-refractivity contribution in [1.82, 2.24) is 4.31 Å². The van der Waals surface area contributed by atoms with E-state index in [9.17, 15) is 13.5 Å². The van der Waals surface area contributed by atoms with Crippen LogP contribution in [0.2, 0.25) is 0 Å². The summed E-state index contributed by atoms with van der Waals surface area (Å²) in [5.41, 5.74) is -0.185. The van der Waals surface area contributed by atoms with E-state index in [1.54, 1.807) is 24.3 Å². The highest BCUT2D eigenvalue weighted by Crippen LogP contribution is 2.53. The van der Waals surface area contributed by atoms with Gasteiger partial charge in [0, 0.05) is 42.8 Å². The Morgan fingerprint density at radius 3 is 2.21 bits per heavy atom. The zero-order chi connectivity index (χ0) is 16.8. The van der Waals surface area contributed by atoms with Crippen LogP contribution in [0.25, 0.3) is 0 Å². The molecular weight excluding hydrogens is 326 g/mol. The lowest BCUT2D eigenvalue weighted by atomic mass is 10.0. The highest BCUT2D eigenvalue weighted by atomic mass is 32.2. The minimum absolute atomic E-state index is 0.185. The monoisotopic (exact) mass is 346 g/mol. The molecule has 1 spiro atoms. The Morgan fingerprint density at radius 1 is 1.00 bits per heavy atom. The minimum atomic E-state index is -3.56. The summed E-state index contributed by atoms with van der Waals surface area (Å²) in [5, 5.41) is 10.1. The van der Waals surface area contributed by atoms with E-state index in [4.69, 9.17) is 0 Å². The van der Waals surface area contributed by atoms with Gasteiger partial charge in [-0.3, -0.25) is 0 Å². The fourth-order valence-electron chi connectivity index (χ4n) is 3.24. The number of hydrogen-bond donors (Lipinski definition) is 1. The lowest BCUT2D eigenvalue weighted by molar-refractivity contribution is 0.134. The van der Waals surface area contributed by atoms with Crippen molar-refractivity contribution < 1.29 is 18.3 Å². The van der Waals surface area contributed by atoms with Crippen LogP contribution in [0.4, 0.5) is 0 Å². The van der Waals surface area contributed by atoms with E-state index in [0.717, 1.165) is 18.6 Å². The number of aliphatic hydroxyl groups excluding tert-OH is 1. The Hall–Kier alpha value is -1.89. The molecule has 0 bridgehead atoms. The molecule has 2 N–H and O–H groups in total. The summed E-state index contributed by atoms with van der Waals surface area (Å²) in [7, 11) is -3.56. The van der Waals surface area contributed by atoms with Gasteiger partial charge in [0.05, 0.1) is 11.0 Å². The largest absolute Gasteiger partial charge is 0.546 e. The second kappa shape index (κ2) is 5.58. The summed E-state index contributed by atoms with van der Waals surface area (Å²) < 4.78 is 31.4. The Morgan fingerprint density at radius 2 is 1.62 bits per heavy atom. The Bertz CT molecular complexity index is 829. The molecule has 4 rings (SSSR count). The number of β-amino-alcohol motifs (C(OH)–C–C–N with tert-alkyl or cyclic N) is 1. The highest BCUT2D eigenvalue weighted by molar-refractivity contribution is 7.89. The summed E-state index contributed by atoms with van der Waals surface area (Å²) in [6.07, 6.45) is 1.28. The van der Waals surface area contributed by atoms with Crippen molar-refractivity contribution in [1.29, 1.82) is 0 Å². The Balaban J connectivity index is 1.52. The van der Waals surface area contributed by atoms with E-state index >= 15 is 0 Å². The molecule has 2 aromatic carbocycles.